The molecule has 5 aromatic rings. The fourth-order valence-electron chi connectivity index (χ4n) is 4.24. The van der Waals surface area contributed by atoms with Crippen LogP contribution in [0, 0.1) is 5.82 Å². The number of benzene rings is 2. The number of nitrogens with zero attached hydrogens (tertiary/aromatic N) is 2. The van der Waals surface area contributed by atoms with Crippen LogP contribution >= 0.6 is 11.6 Å². The quantitative estimate of drug-likeness (QED) is 0.272. The van der Waals surface area contributed by atoms with Crippen molar-refractivity contribution in [1.82, 2.24) is 19.9 Å². The van der Waals surface area contributed by atoms with Gasteiger partial charge in [0, 0.05) is 22.7 Å². The minimum Gasteiger partial charge on any atom is -0.477 e. The first-order chi connectivity index (χ1) is 16.8. The van der Waals surface area contributed by atoms with Gasteiger partial charge in [-0.05, 0) is 43.0 Å². The highest BCUT2D eigenvalue weighted by atomic mass is 35.5. The molecule has 0 aliphatic carbocycles. The fraction of sp³-hybridized carbons (Fsp3) is 0.0800. The lowest BCUT2D eigenvalue weighted by Gasteiger charge is -2.11. The van der Waals surface area contributed by atoms with Gasteiger partial charge in [0.15, 0.2) is 0 Å². The van der Waals surface area contributed by atoms with Crippen LogP contribution in [0.1, 0.15) is 28.5 Å². The van der Waals surface area contributed by atoms with Crippen LogP contribution in [0.15, 0.2) is 60.1 Å². The van der Waals surface area contributed by atoms with Gasteiger partial charge in [0.2, 0.25) is 0 Å². The van der Waals surface area contributed by atoms with E-state index in [-0.39, 0.29) is 45.2 Å². The van der Waals surface area contributed by atoms with Crippen molar-refractivity contribution in [3.63, 3.8) is 0 Å². The van der Waals surface area contributed by atoms with Gasteiger partial charge in [-0.3, -0.25) is 4.79 Å². The van der Waals surface area contributed by atoms with Gasteiger partial charge in [-0.1, -0.05) is 24.3 Å². The zero-order valence-corrected chi connectivity index (χ0v) is 19.1. The predicted octanol–water partition coefficient (Wildman–Crippen LogP) is 5.47. The number of hydrogen-bond acceptors (Lipinski definition) is 4. The number of imidazole rings is 1. The fourth-order valence-corrected chi connectivity index (χ4v) is 4.46. The van der Waals surface area contributed by atoms with Crippen molar-refractivity contribution in [2.24, 2.45) is 0 Å². The van der Waals surface area contributed by atoms with E-state index in [4.69, 9.17) is 16.0 Å². The molecule has 0 unspecified atom stereocenters. The summed E-state index contributed by atoms with van der Waals surface area (Å²) in [5, 5.41) is 13.6. The second kappa shape index (κ2) is 8.44. The zero-order valence-electron chi connectivity index (χ0n) is 18.4. The maximum Gasteiger partial charge on any atom is 0.353 e. The molecule has 1 amide bonds. The number of nitrogens with one attached hydrogen (secondary N) is 2. The number of aromatic nitrogens is 3. The van der Waals surface area contributed by atoms with Crippen molar-refractivity contribution in [3.8, 4) is 0 Å². The van der Waals surface area contributed by atoms with E-state index in [1.54, 1.807) is 25.1 Å². The van der Waals surface area contributed by atoms with Crippen molar-refractivity contribution in [3.05, 3.63) is 83.4 Å². The lowest BCUT2D eigenvalue weighted by atomic mass is 10.0. The van der Waals surface area contributed by atoms with Gasteiger partial charge in [-0.25, -0.2) is 14.2 Å². The van der Waals surface area contributed by atoms with E-state index in [1.165, 1.54) is 35.5 Å². The van der Waals surface area contributed by atoms with Crippen LogP contribution in [0.3, 0.4) is 0 Å². The number of rotatable bonds is 6. The van der Waals surface area contributed by atoms with Crippen LogP contribution in [-0.2, 0) is 11.3 Å². The number of carboxylic acid groups (broad SMARTS) is 1. The number of halogens is 2. The van der Waals surface area contributed by atoms with E-state index in [9.17, 15) is 14.7 Å². The van der Waals surface area contributed by atoms with Gasteiger partial charge in [-0.2, -0.15) is 0 Å². The molecule has 8 nitrogen and oxygen atoms in total. The first kappa shape index (κ1) is 22.4. The molecule has 0 aliphatic rings. The molecular weight excluding hydrogens is 475 g/mol. The summed E-state index contributed by atoms with van der Waals surface area (Å²) in [4.78, 5) is 32.5. The molecule has 0 fully saturated rings. The van der Waals surface area contributed by atoms with Gasteiger partial charge in [-0.15, -0.1) is 0 Å². The van der Waals surface area contributed by atoms with E-state index >= 15 is 4.39 Å². The minimum atomic E-state index is -1.32. The molecule has 3 N–H and O–H groups in total. The summed E-state index contributed by atoms with van der Waals surface area (Å²) < 4.78 is 22.0. The minimum absolute atomic E-state index is 0.0264. The molecule has 0 saturated carbocycles. The highest BCUT2D eigenvalue weighted by Crippen LogP contribution is 2.39. The monoisotopic (exact) mass is 492 g/mol. The standard InChI is InChI=1S/C25H18ClFN4O4/c1-3-5-28-24(32)12(2)20-21-19(9-16(27)14-4-6-35-23(14)21)31(22(20)25(33)34)10-13-7-17-18(8-15(13)26)30-11-29-17/h3-9,11H,2,10H2,1H3,(H,28,32)(H,29,30)(H,33,34)/b5-3-. The molecule has 5 rings (SSSR count). The number of hydrogen-bond donors (Lipinski definition) is 3. The Hall–Kier alpha value is -4.37. The van der Waals surface area contributed by atoms with Crippen LogP contribution in [0.5, 0.6) is 0 Å². The normalized spacial score (nSPS) is 11.7. The molecule has 0 aliphatic heterocycles. The Labute approximate surface area is 202 Å². The Balaban J connectivity index is 1.83. The second-order valence-electron chi connectivity index (χ2n) is 7.85. The molecule has 0 spiro atoms. The molecule has 0 atom stereocenters. The molecule has 35 heavy (non-hydrogen) atoms. The first-order valence-electron chi connectivity index (χ1n) is 10.5. The predicted molar refractivity (Wildman–Crippen MR) is 131 cm³/mol. The molecule has 0 saturated heterocycles. The third kappa shape index (κ3) is 3.57. The summed E-state index contributed by atoms with van der Waals surface area (Å²) in [5.74, 6) is -2.52. The Morgan fingerprint density at radius 1 is 1.37 bits per heavy atom. The Kier molecular flexibility index (Phi) is 5.41. The van der Waals surface area contributed by atoms with E-state index in [0.717, 1.165) is 0 Å². The number of carbonyl (C=O) groups excluding carboxylic acids is 1. The maximum atomic E-state index is 15.0. The number of amides is 1. The Bertz CT molecular complexity index is 1710. The van der Waals surface area contributed by atoms with Crippen molar-refractivity contribution in [1.29, 1.82) is 0 Å². The van der Waals surface area contributed by atoms with Crippen LogP contribution in [0.25, 0.3) is 38.5 Å². The van der Waals surface area contributed by atoms with Gasteiger partial charge in [0.25, 0.3) is 5.91 Å². The first-order valence-corrected chi connectivity index (χ1v) is 10.9. The van der Waals surface area contributed by atoms with E-state index in [0.29, 0.717) is 21.6 Å². The van der Waals surface area contributed by atoms with Crippen molar-refractivity contribution in [2.45, 2.75) is 13.5 Å². The average molecular weight is 493 g/mol. The molecule has 3 heterocycles. The third-order valence-corrected chi connectivity index (χ3v) is 6.14. The van der Waals surface area contributed by atoms with Gasteiger partial charge in [0.05, 0.1) is 39.9 Å². The number of carbonyl (C=O) groups is 2. The largest absolute Gasteiger partial charge is 0.477 e. The smallest absolute Gasteiger partial charge is 0.353 e. The lowest BCUT2D eigenvalue weighted by molar-refractivity contribution is -0.114. The molecular formula is C25H18ClFN4O4. The number of aromatic amines is 1. The number of carboxylic acids is 1. The summed E-state index contributed by atoms with van der Waals surface area (Å²) in [6.07, 6.45) is 5.85. The number of furan rings is 1. The summed E-state index contributed by atoms with van der Waals surface area (Å²) in [6, 6.07) is 6.07. The average Bonchev–Trinajstić information content (AvgIpc) is 3.55. The Morgan fingerprint density at radius 3 is 2.91 bits per heavy atom. The van der Waals surface area contributed by atoms with Crippen LogP contribution in [-0.4, -0.2) is 31.5 Å². The maximum absolute atomic E-state index is 15.0. The summed E-state index contributed by atoms with van der Waals surface area (Å²) in [5.41, 5.74) is 1.93. The number of aromatic carboxylic acids is 1. The van der Waals surface area contributed by atoms with Crippen LogP contribution < -0.4 is 5.32 Å². The third-order valence-electron chi connectivity index (χ3n) is 5.79. The van der Waals surface area contributed by atoms with Crippen molar-refractivity contribution >= 4 is 62.0 Å². The number of allylic oxidation sites excluding steroid dienone is 1. The highest BCUT2D eigenvalue weighted by Gasteiger charge is 2.30. The van der Waals surface area contributed by atoms with Crippen LogP contribution in [0.2, 0.25) is 5.02 Å². The zero-order chi connectivity index (χ0) is 24.9. The van der Waals surface area contributed by atoms with E-state index in [2.05, 4.69) is 21.9 Å². The molecule has 3 aromatic heterocycles. The topological polar surface area (TPSA) is 113 Å². The Morgan fingerprint density at radius 2 is 2.17 bits per heavy atom. The van der Waals surface area contributed by atoms with Gasteiger partial charge >= 0.3 is 5.97 Å². The number of fused-ring (bicyclic) bond motifs is 4. The lowest BCUT2D eigenvalue weighted by Crippen LogP contribution is -2.20. The van der Waals surface area contributed by atoms with Crippen molar-refractivity contribution < 1.29 is 23.5 Å². The molecule has 0 bridgehead atoms. The second-order valence-corrected chi connectivity index (χ2v) is 8.25. The summed E-state index contributed by atoms with van der Waals surface area (Å²) >= 11 is 6.48. The molecule has 10 heteroatoms. The molecule has 176 valence electrons. The van der Waals surface area contributed by atoms with Crippen molar-refractivity contribution in [2.75, 3.05) is 0 Å². The van der Waals surface area contributed by atoms with Gasteiger partial charge < -0.3 is 24.4 Å². The van der Waals surface area contributed by atoms with E-state index < -0.39 is 17.7 Å². The molecule has 2 aromatic carbocycles. The molecule has 0 radical (unpaired) electrons. The van der Waals surface area contributed by atoms with E-state index in [1.807, 2.05) is 0 Å². The highest BCUT2D eigenvalue weighted by molar-refractivity contribution is 6.32. The van der Waals surface area contributed by atoms with Gasteiger partial charge in [0.1, 0.15) is 17.1 Å². The van der Waals surface area contributed by atoms with Crippen LogP contribution in [0.4, 0.5) is 4.39 Å². The SMILES string of the molecule is C=C(C(=O)N/C=C\C)c1c(C(=O)O)n(Cc2cc3[nH]cnc3cc2Cl)c2cc(F)c3ccoc3c12. The summed E-state index contributed by atoms with van der Waals surface area (Å²) in [6.45, 7) is 5.55. The number of H-pyrrole nitrogens is 1. The summed E-state index contributed by atoms with van der Waals surface area (Å²) in [7, 11) is 0.